The van der Waals surface area contributed by atoms with Gasteiger partial charge in [-0.25, -0.2) is 9.18 Å². The second-order valence-electron chi connectivity index (χ2n) is 13.4. The first-order valence-electron chi connectivity index (χ1n) is 15.6. The van der Waals surface area contributed by atoms with Crippen molar-refractivity contribution in [3.8, 4) is 23.3 Å². The van der Waals surface area contributed by atoms with Crippen molar-refractivity contribution in [2.24, 2.45) is 0 Å². The molecule has 2 aliphatic rings. The molecule has 0 unspecified atom stereocenters. The molecule has 1 saturated heterocycles. The van der Waals surface area contributed by atoms with E-state index in [0.717, 1.165) is 11.3 Å². The van der Waals surface area contributed by atoms with Crippen LogP contribution in [0.2, 0.25) is 0 Å². The third-order valence-corrected chi connectivity index (χ3v) is 10.6. The zero-order chi connectivity index (χ0) is 35.0. The Kier molecular flexibility index (Phi) is 10.3. The molecule has 5 rings (SSSR count). The monoisotopic (exact) mass is 709 g/mol. The quantitative estimate of drug-likeness (QED) is 0.164. The molecule has 2 aromatic carbocycles. The van der Waals surface area contributed by atoms with Crippen LogP contribution in [0.25, 0.3) is 10.1 Å². The van der Waals surface area contributed by atoms with E-state index in [0.29, 0.717) is 34.0 Å². The Balaban J connectivity index is 1.55. The van der Waals surface area contributed by atoms with Gasteiger partial charge in [-0.05, 0) is 76.7 Å². The summed E-state index contributed by atoms with van der Waals surface area (Å²) in [6, 6.07) is 7.73. The van der Waals surface area contributed by atoms with Crippen molar-refractivity contribution in [2.45, 2.75) is 57.6 Å². The molecule has 48 heavy (non-hydrogen) atoms. The van der Waals surface area contributed by atoms with E-state index in [-0.39, 0.29) is 53.9 Å². The summed E-state index contributed by atoms with van der Waals surface area (Å²) < 4.78 is 87.5. The summed E-state index contributed by atoms with van der Waals surface area (Å²) in [5.41, 5.74) is -0.0379. The van der Waals surface area contributed by atoms with Crippen LogP contribution in [0.4, 0.5) is 33.7 Å². The van der Waals surface area contributed by atoms with Crippen molar-refractivity contribution in [1.29, 1.82) is 0 Å². The molecular weight excluding hydrogens is 669 g/mol. The molecule has 0 aliphatic carbocycles. The summed E-state index contributed by atoms with van der Waals surface area (Å²) in [4.78, 5) is 16.9. The van der Waals surface area contributed by atoms with Crippen LogP contribution >= 0.6 is 18.5 Å². The Morgan fingerprint density at radius 1 is 1.15 bits per heavy atom. The lowest BCUT2D eigenvalue weighted by molar-refractivity contribution is -0.126. The van der Waals surface area contributed by atoms with Gasteiger partial charge in [0.05, 0.1) is 45.3 Å². The van der Waals surface area contributed by atoms with Gasteiger partial charge in [-0.2, -0.15) is 13.2 Å². The topological polar surface area (TPSA) is 80.3 Å². The number of hydrogen-bond acceptors (Lipinski definition) is 8. The van der Waals surface area contributed by atoms with Gasteiger partial charge in [0, 0.05) is 13.1 Å². The van der Waals surface area contributed by atoms with E-state index < -0.39 is 43.6 Å². The fourth-order valence-corrected chi connectivity index (χ4v) is 7.95. The second-order valence-corrected chi connectivity index (χ2v) is 17.6. The van der Waals surface area contributed by atoms with Crippen LogP contribution in [0.3, 0.4) is 0 Å². The zero-order valence-electron chi connectivity index (χ0n) is 27.8. The molecule has 1 amide bonds. The van der Waals surface area contributed by atoms with E-state index in [4.69, 9.17) is 14.2 Å². The maximum absolute atomic E-state index is 14.9. The number of carbonyl (C=O) groups excluding carboxylic acids is 1. The van der Waals surface area contributed by atoms with Gasteiger partial charge < -0.3 is 29.0 Å². The highest BCUT2D eigenvalue weighted by Gasteiger charge is 2.34. The molecule has 0 saturated carbocycles. The minimum Gasteiger partial charge on any atom is -0.485 e. The van der Waals surface area contributed by atoms with Gasteiger partial charge >= 0.3 is 12.3 Å². The summed E-state index contributed by atoms with van der Waals surface area (Å²) in [5.74, 6) is 6.28. The minimum atomic E-state index is -4.51. The number of alkyl halides is 4. The van der Waals surface area contributed by atoms with Crippen molar-refractivity contribution in [3.63, 3.8) is 0 Å². The fourth-order valence-electron chi connectivity index (χ4n) is 5.69. The number of nitrogens with zero attached hydrogens (tertiary/aromatic N) is 2. The Morgan fingerprint density at radius 3 is 2.50 bits per heavy atom. The summed E-state index contributed by atoms with van der Waals surface area (Å²) >= 11 is 1.10. The highest BCUT2D eigenvalue weighted by molar-refractivity contribution is 7.70. The smallest absolute Gasteiger partial charge is 0.415 e. The number of benzene rings is 2. The summed E-state index contributed by atoms with van der Waals surface area (Å²) in [7, 11) is -0.946. The first kappa shape index (κ1) is 35.8. The lowest BCUT2D eigenvalue weighted by atomic mass is 10.0. The molecule has 260 valence electrons. The Bertz CT molecular complexity index is 1790. The van der Waals surface area contributed by atoms with Gasteiger partial charge in [0.25, 0.3) is 0 Å². The molecule has 0 bridgehead atoms. The average molecular weight is 710 g/mol. The van der Waals surface area contributed by atoms with Gasteiger partial charge in [-0.15, -0.1) is 11.3 Å². The van der Waals surface area contributed by atoms with Crippen molar-refractivity contribution in [2.75, 3.05) is 63.4 Å². The number of carbonyl (C=O) groups is 1. The third-order valence-electron chi connectivity index (χ3n) is 7.85. The van der Waals surface area contributed by atoms with Gasteiger partial charge in [0.1, 0.15) is 32.1 Å². The number of rotatable bonds is 6. The fraction of sp³-hybridized carbons (Fsp3) is 0.500. The number of amides is 1. The van der Waals surface area contributed by atoms with Crippen LogP contribution in [0.1, 0.15) is 37.6 Å². The van der Waals surface area contributed by atoms with Crippen LogP contribution in [-0.4, -0.2) is 88.2 Å². The maximum atomic E-state index is 14.9. The summed E-state index contributed by atoms with van der Waals surface area (Å²) in [5, 5.41) is 4.09. The van der Waals surface area contributed by atoms with Crippen LogP contribution in [0.5, 0.6) is 11.5 Å². The highest BCUT2D eigenvalue weighted by Crippen LogP contribution is 2.47. The van der Waals surface area contributed by atoms with E-state index in [1.165, 1.54) is 4.90 Å². The van der Waals surface area contributed by atoms with Gasteiger partial charge in [-0.1, -0.05) is 24.0 Å². The van der Waals surface area contributed by atoms with E-state index in [1.54, 1.807) is 64.4 Å². The molecule has 2 aliphatic heterocycles. The van der Waals surface area contributed by atoms with Crippen LogP contribution in [0.15, 0.2) is 30.3 Å². The molecule has 3 aromatic rings. The molecule has 14 heteroatoms. The van der Waals surface area contributed by atoms with Gasteiger partial charge in [0.15, 0.2) is 11.5 Å². The van der Waals surface area contributed by atoms with Crippen molar-refractivity contribution in [1.82, 2.24) is 4.90 Å². The van der Waals surface area contributed by atoms with E-state index in [1.807, 2.05) is 11.9 Å². The summed E-state index contributed by atoms with van der Waals surface area (Å²) in [6.45, 7) is 9.45. The van der Waals surface area contributed by atoms with Gasteiger partial charge in [0.2, 0.25) is 0 Å². The zero-order valence-corrected chi connectivity index (χ0v) is 29.5. The van der Waals surface area contributed by atoms with Crippen molar-refractivity contribution >= 4 is 51.3 Å². The molecule has 1 fully saturated rings. The maximum Gasteiger partial charge on any atom is 0.415 e. The third kappa shape index (κ3) is 8.39. The number of ether oxygens (including phenoxy) is 3. The van der Waals surface area contributed by atoms with Crippen molar-refractivity contribution < 1.29 is 41.1 Å². The molecular formula is C34H40F4N3O5PS. The predicted octanol–water partition coefficient (Wildman–Crippen LogP) is 7.27. The molecule has 2 atom stereocenters. The predicted molar refractivity (Wildman–Crippen MR) is 183 cm³/mol. The van der Waals surface area contributed by atoms with Crippen LogP contribution < -0.4 is 25.0 Å². The van der Waals surface area contributed by atoms with Gasteiger partial charge in [-0.3, -0.25) is 4.90 Å². The number of fused-ring (bicyclic) bond motifs is 2. The number of nitrogens with one attached hydrogen (secondary N) is 1. The molecule has 3 heterocycles. The number of halogens is 4. The van der Waals surface area contributed by atoms with E-state index in [9.17, 15) is 26.9 Å². The largest absolute Gasteiger partial charge is 0.485 e. The van der Waals surface area contributed by atoms with Crippen LogP contribution in [0, 0.1) is 11.8 Å². The summed E-state index contributed by atoms with van der Waals surface area (Å²) in [6.07, 6.45) is -7.05. The highest BCUT2D eigenvalue weighted by atomic mass is 32.1. The first-order chi connectivity index (χ1) is 22.4. The lowest BCUT2D eigenvalue weighted by Gasteiger charge is -2.33. The molecule has 1 N–H and O–H groups in total. The standard InChI is InChI=1S/C34H40F4N3O5PS/c1-33(2,3)46-32(42)41(26-12-13-27(47(5,6)43)30-29(26)44-17-18-45-30)15-8-11-28-22(19-34(36,37)38)21-9-7-10-25(31(21)48-28)39-24-14-16-40(4)20-23(24)35/h7,9-10,12-13,23-24,39H,14-20H2,1-6H3/t23-,24+/m0/s1. The number of anilines is 2. The number of piperidine rings is 1. The molecule has 1 aromatic heterocycles. The Morgan fingerprint density at radius 2 is 1.85 bits per heavy atom. The first-order valence-corrected chi connectivity index (χ1v) is 19.0. The van der Waals surface area contributed by atoms with E-state index >= 15 is 0 Å². The lowest BCUT2D eigenvalue weighted by Crippen LogP contribution is -2.46. The normalized spacial score (nSPS) is 18.6. The molecule has 0 radical (unpaired) electrons. The average Bonchev–Trinajstić information content (AvgIpc) is 3.31. The Labute approximate surface area is 282 Å². The van der Waals surface area contributed by atoms with E-state index in [2.05, 4.69) is 17.2 Å². The minimum absolute atomic E-state index is 0.0164. The van der Waals surface area contributed by atoms with Crippen LogP contribution in [-0.2, 0) is 15.7 Å². The SMILES string of the molecule is CN1CC[C@@H](Nc2cccc3c(CC(F)(F)F)c(C#CCN(C(=O)OC(C)(C)C)c4ccc(P(C)(C)=O)c5c4OCCO5)sc23)[C@@H](F)C1. The second kappa shape index (κ2) is 13.8. The molecule has 8 nitrogen and oxygen atoms in total. The number of thiophene rings is 1. The Hall–Kier alpha value is -3.46. The molecule has 0 spiro atoms. The van der Waals surface area contributed by atoms with Crippen molar-refractivity contribution in [3.05, 3.63) is 40.8 Å². The number of hydrogen-bond donors (Lipinski definition) is 1. The number of likely N-dealkylation sites (tertiary alicyclic amines) is 1.